The second-order valence-electron chi connectivity index (χ2n) is 7.21. The Morgan fingerprint density at radius 3 is 2.81 bits per heavy atom. The van der Waals surface area contributed by atoms with Crippen LogP contribution < -0.4 is 9.64 Å². The number of ether oxygens (including phenoxy) is 1. The topological polar surface area (TPSA) is 59.7 Å². The Morgan fingerprint density at radius 1 is 1.23 bits per heavy atom. The third-order valence-corrected chi connectivity index (χ3v) is 5.73. The zero-order valence-corrected chi connectivity index (χ0v) is 15.1. The van der Waals surface area contributed by atoms with Crippen LogP contribution in [0.3, 0.4) is 0 Å². The number of hydrogen-bond acceptors (Lipinski definition) is 5. The third kappa shape index (κ3) is 2.77. The van der Waals surface area contributed by atoms with Gasteiger partial charge >= 0.3 is 0 Å². The van der Waals surface area contributed by atoms with Crippen LogP contribution in [-0.2, 0) is 0 Å². The third-order valence-electron chi connectivity index (χ3n) is 5.73. The number of anilines is 2. The van der Waals surface area contributed by atoms with Gasteiger partial charge in [0.25, 0.3) is 0 Å². The average molecular weight is 349 g/mol. The number of rotatable bonds is 3. The number of nitriles is 1. The first kappa shape index (κ1) is 16.7. The van der Waals surface area contributed by atoms with Crippen molar-refractivity contribution in [3.05, 3.63) is 42.0 Å². The van der Waals surface area contributed by atoms with Gasteiger partial charge in [-0.25, -0.2) is 0 Å². The number of nitrogens with zero attached hydrogens (tertiary/aromatic N) is 3. The lowest BCUT2D eigenvalue weighted by Crippen LogP contribution is -2.33. The largest absolute Gasteiger partial charge is 0.504 e. The minimum atomic E-state index is 0.118. The van der Waals surface area contributed by atoms with Crippen molar-refractivity contribution in [1.82, 2.24) is 4.90 Å². The van der Waals surface area contributed by atoms with Gasteiger partial charge < -0.3 is 19.6 Å². The molecule has 0 spiro atoms. The van der Waals surface area contributed by atoms with Crippen LogP contribution in [0, 0.1) is 11.3 Å². The molecule has 134 valence electrons. The fourth-order valence-corrected chi connectivity index (χ4v) is 4.03. The number of fused-ring (bicyclic) bond motifs is 2. The summed E-state index contributed by atoms with van der Waals surface area (Å²) in [6.07, 6.45) is 3.49. The maximum atomic E-state index is 10.3. The predicted octanol–water partition coefficient (Wildman–Crippen LogP) is 4.38. The van der Waals surface area contributed by atoms with Crippen molar-refractivity contribution in [3.63, 3.8) is 0 Å². The molecule has 0 aliphatic carbocycles. The lowest BCUT2D eigenvalue weighted by Gasteiger charge is -2.34. The van der Waals surface area contributed by atoms with Gasteiger partial charge in [0, 0.05) is 24.7 Å². The van der Waals surface area contributed by atoms with E-state index < -0.39 is 0 Å². The summed E-state index contributed by atoms with van der Waals surface area (Å²) in [4.78, 5) is 4.66. The lowest BCUT2D eigenvalue weighted by atomic mass is 10.1. The van der Waals surface area contributed by atoms with Crippen molar-refractivity contribution in [2.45, 2.75) is 38.3 Å². The highest BCUT2D eigenvalue weighted by Crippen LogP contribution is 2.50. The van der Waals surface area contributed by atoms with Crippen LogP contribution >= 0.6 is 0 Å². The monoisotopic (exact) mass is 349 g/mol. The molecule has 1 N–H and O–H groups in total. The van der Waals surface area contributed by atoms with Gasteiger partial charge in [-0.1, -0.05) is 6.07 Å². The minimum Gasteiger partial charge on any atom is -0.504 e. The molecule has 2 aliphatic heterocycles. The number of para-hydroxylation sites is 1. The van der Waals surface area contributed by atoms with Gasteiger partial charge in [-0.2, -0.15) is 5.26 Å². The summed E-state index contributed by atoms with van der Waals surface area (Å²) in [7, 11) is 2.20. The van der Waals surface area contributed by atoms with Gasteiger partial charge in [0.15, 0.2) is 17.2 Å². The summed E-state index contributed by atoms with van der Waals surface area (Å²) in [5, 5.41) is 19.4. The first-order valence-corrected chi connectivity index (χ1v) is 9.12. The smallest absolute Gasteiger partial charge is 0.192 e. The van der Waals surface area contributed by atoms with Gasteiger partial charge in [0.05, 0.1) is 23.0 Å². The maximum absolute atomic E-state index is 10.3. The van der Waals surface area contributed by atoms with Gasteiger partial charge in [0.2, 0.25) is 0 Å². The van der Waals surface area contributed by atoms with Crippen LogP contribution in [0.25, 0.3) is 0 Å². The molecule has 0 aromatic heterocycles. The van der Waals surface area contributed by atoms with E-state index in [4.69, 9.17) is 4.74 Å². The molecule has 2 aliphatic rings. The SMILES string of the molecule is CC1CCC(CCN2c3ccc(C#N)cc3Oc3c(O)cccc32)N1C. The fourth-order valence-electron chi connectivity index (χ4n) is 4.03. The lowest BCUT2D eigenvalue weighted by molar-refractivity contribution is 0.245. The Bertz CT molecular complexity index is 874. The molecule has 0 bridgehead atoms. The zero-order valence-electron chi connectivity index (χ0n) is 15.1. The highest BCUT2D eigenvalue weighted by Gasteiger charge is 2.30. The molecule has 0 radical (unpaired) electrons. The Morgan fingerprint density at radius 2 is 2.08 bits per heavy atom. The number of benzene rings is 2. The molecular formula is C21H23N3O2. The summed E-state index contributed by atoms with van der Waals surface area (Å²) >= 11 is 0. The molecule has 1 saturated heterocycles. The number of phenolic OH excluding ortho intramolecular Hbond substituents is 1. The Kier molecular flexibility index (Phi) is 4.21. The van der Waals surface area contributed by atoms with E-state index in [-0.39, 0.29) is 5.75 Å². The van der Waals surface area contributed by atoms with Crippen LogP contribution in [-0.4, -0.2) is 35.7 Å². The van der Waals surface area contributed by atoms with Crippen LogP contribution in [0.4, 0.5) is 11.4 Å². The van der Waals surface area contributed by atoms with Crippen molar-refractivity contribution in [3.8, 4) is 23.3 Å². The second-order valence-corrected chi connectivity index (χ2v) is 7.21. The molecule has 2 unspecified atom stereocenters. The van der Waals surface area contributed by atoms with E-state index >= 15 is 0 Å². The maximum Gasteiger partial charge on any atom is 0.192 e. The molecule has 2 heterocycles. The molecular weight excluding hydrogens is 326 g/mol. The molecule has 2 atom stereocenters. The van der Waals surface area contributed by atoms with Crippen molar-refractivity contribution in [1.29, 1.82) is 5.26 Å². The Balaban J connectivity index is 1.67. The summed E-state index contributed by atoms with van der Waals surface area (Å²) in [5.74, 6) is 1.20. The van der Waals surface area contributed by atoms with E-state index in [0.29, 0.717) is 29.1 Å². The molecule has 2 aromatic rings. The van der Waals surface area contributed by atoms with Crippen molar-refractivity contribution in [2.24, 2.45) is 0 Å². The van der Waals surface area contributed by atoms with Gasteiger partial charge in [0.1, 0.15) is 0 Å². The zero-order chi connectivity index (χ0) is 18.3. The molecule has 4 rings (SSSR count). The van der Waals surface area contributed by atoms with E-state index in [1.807, 2.05) is 24.3 Å². The summed E-state index contributed by atoms with van der Waals surface area (Å²) in [5.41, 5.74) is 2.36. The van der Waals surface area contributed by atoms with Crippen molar-refractivity contribution in [2.75, 3.05) is 18.5 Å². The van der Waals surface area contributed by atoms with E-state index in [1.165, 1.54) is 12.8 Å². The van der Waals surface area contributed by atoms with Crippen molar-refractivity contribution < 1.29 is 9.84 Å². The standard InChI is InChI=1S/C21H23N3O2/c1-14-6-8-16(23(14)2)10-11-24-17-9-7-15(13-22)12-20(17)26-21-18(24)4-3-5-19(21)25/h3-5,7,9,12,14,16,25H,6,8,10-11H2,1-2H3. The second kappa shape index (κ2) is 6.54. The predicted molar refractivity (Wildman–Crippen MR) is 101 cm³/mol. The summed E-state index contributed by atoms with van der Waals surface area (Å²) in [6, 6.07) is 14.3. The van der Waals surface area contributed by atoms with Gasteiger partial charge in [-0.05, 0) is 57.5 Å². The molecule has 5 nitrogen and oxygen atoms in total. The minimum absolute atomic E-state index is 0.118. The van der Waals surface area contributed by atoms with Crippen LogP contribution in [0.1, 0.15) is 31.7 Å². The first-order chi connectivity index (χ1) is 12.6. The number of aromatic hydroxyl groups is 1. The Hall–Kier alpha value is -2.71. The number of hydrogen-bond donors (Lipinski definition) is 1. The summed E-state index contributed by atoms with van der Waals surface area (Å²) < 4.78 is 5.94. The fraction of sp³-hybridized carbons (Fsp3) is 0.381. The Labute approximate surface area is 154 Å². The van der Waals surface area contributed by atoms with Gasteiger partial charge in [-0.3, -0.25) is 0 Å². The van der Waals surface area contributed by atoms with E-state index in [9.17, 15) is 10.4 Å². The molecule has 5 heteroatoms. The number of phenols is 1. The van der Waals surface area contributed by atoms with E-state index in [0.717, 1.165) is 24.3 Å². The highest BCUT2D eigenvalue weighted by atomic mass is 16.5. The molecule has 26 heavy (non-hydrogen) atoms. The van der Waals surface area contributed by atoms with E-state index in [2.05, 4.69) is 29.8 Å². The van der Waals surface area contributed by atoms with E-state index in [1.54, 1.807) is 12.1 Å². The molecule has 0 saturated carbocycles. The molecule has 0 amide bonds. The molecule has 1 fully saturated rings. The van der Waals surface area contributed by atoms with Crippen LogP contribution in [0.15, 0.2) is 36.4 Å². The highest BCUT2D eigenvalue weighted by molar-refractivity contribution is 5.80. The molecule has 2 aromatic carbocycles. The average Bonchev–Trinajstić information content (AvgIpc) is 2.97. The van der Waals surface area contributed by atoms with Crippen LogP contribution in [0.5, 0.6) is 17.2 Å². The normalized spacial score (nSPS) is 21.7. The number of likely N-dealkylation sites (tertiary alicyclic amines) is 1. The first-order valence-electron chi connectivity index (χ1n) is 9.12. The quantitative estimate of drug-likeness (QED) is 0.891. The van der Waals surface area contributed by atoms with Crippen molar-refractivity contribution >= 4 is 11.4 Å². The van der Waals surface area contributed by atoms with Crippen LogP contribution in [0.2, 0.25) is 0 Å². The van der Waals surface area contributed by atoms with Gasteiger partial charge in [-0.15, -0.1) is 0 Å². The summed E-state index contributed by atoms with van der Waals surface area (Å²) in [6.45, 7) is 3.11.